The highest BCUT2D eigenvalue weighted by atomic mass is 16.4. The van der Waals surface area contributed by atoms with Gasteiger partial charge in [-0.05, 0) is 43.7 Å². The first kappa shape index (κ1) is 38.2. The van der Waals surface area contributed by atoms with Crippen LogP contribution in [0.5, 0.6) is 0 Å². The van der Waals surface area contributed by atoms with Gasteiger partial charge < -0.3 is 36.6 Å². The summed E-state index contributed by atoms with van der Waals surface area (Å²) in [7, 11) is 0. The predicted octanol–water partition coefficient (Wildman–Crippen LogP) is 0.234. The molecule has 7 N–H and O–H groups in total. The van der Waals surface area contributed by atoms with E-state index in [4.69, 9.17) is 10.2 Å². The third-order valence-electron chi connectivity index (χ3n) is 6.83. The van der Waals surface area contributed by atoms with Crippen LogP contribution in [0.4, 0.5) is 0 Å². The van der Waals surface area contributed by atoms with Crippen molar-refractivity contribution in [1.29, 1.82) is 0 Å². The standard InChI is InChI=1S/C30H42N4O11/c1-15(2)27(30(45)33-21(13-25(39)40)23(36)10-8-19-12-16(3)6-7-17(19)4)34-28(43)20(9-11-24(37)38)32-29(44)22(14-26(41)42)31-18(5)35/h6-7,12,15,20-22,27H,8-11,13-14H2,1-5H3,(H,31,35)(H,32,44)(H,33,45)(H,34,43)(H,37,38)(H,39,40)(H,41,42)/t20-,21-,22-,27-/m0/s1. The Morgan fingerprint density at radius 2 is 1.24 bits per heavy atom. The van der Waals surface area contributed by atoms with Crippen molar-refractivity contribution in [2.75, 3.05) is 0 Å². The fourth-order valence-corrected chi connectivity index (χ4v) is 4.41. The molecular weight excluding hydrogens is 592 g/mol. The third kappa shape index (κ3) is 14.0. The molecule has 0 aliphatic rings. The van der Waals surface area contributed by atoms with E-state index in [-0.39, 0.29) is 6.42 Å². The summed E-state index contributed by atoms with van der Waals surface area (Å²) >= 11 is 0. The fourth-order valence-electron chi connectivity index (χ4n) is 4.41. The molecule has 0 aliphatic carbocycles. The molecule has 0 aromatic heterocycles. The van der Waals surface area contributed by atoms with E-state index in [9.17, 15) is 43.5 Å². The van der Waals surface area contributed by atoms with Crippen LogP contribution in [0.15, 0.2) is 18.2 Å². The Balaban J connectivity index is 3.13. The van der Waals surface area contributed by atoms with Gasteiger partial charge in [-0.1, -0.05) is 37.6 Å². The van der Waals surface area contributed by atoms with E-state index in [2.05, 4.69) is 21.3 Å². The van der Waals surface area contributed by atoms with Crippen molar-refractivity contribution >= 4 is 47.3 Å². The van der Waals surface area contributed by atoms with E-state index >= 15 is 0 Å². The number of nitrogens with one attached hydrogen (secondary N) is 4. The summed E-state index contributed by atoms with van der Waals surface area (Å²) in [6.07, 6.45) is -2.31. The van der Waals surface area contributed by atoms with E-state index in [0.29, 0.717) is 6.42 Å². The van der Waals surface area contributed by atoms with Crippen LogP contribution in [0.2, 0.25) is 0 Å². The molecule has 248 valence electrons. The zero-order valence-electron chi connectivity index (χ0n) is 26.0. The van der Waals surface area contributed by atoms with Crippen LogP contribution < -0.4 is 21.3 Å². The second kappa shape index (κ2) is 18.1. The zero-order chi connectivity index (χ0) is 34.4. The van der Waals surface area contributed by atoms with Gasteiger partial charge in [-0.25, -0.2) is 0 Å². The second-order valence-electron chi connectivity index (χ2n) is 11.1. The molecule has 0 saturated carbocycles. The van der Waals surface area contributed by atoms with Gasteiger partial charge in [0.1, 0.15) is 18.1 Å². The molecule has 1 rings (SSSR count). The first-order chi connectivity index (χ1) is 20.9. The molecule has 45 heavy (non-hydrogen) atoms. The minimum absolute atomic E-state index is 0.0592. The molecule has 0 aliphatic heterocycles. The number of hydrogen-bond donors (Lipinski definition) is 7. The fraction of sp³-hybridized carbons (Fsp3) is 0.533. The lowest BCUT2D eigenvalue weighted by molar-refractivity contribution is -0.142. The number of carboxylic acid groups (broad SMARTS) is 3. The molecule has 15 heteroatoms. The summed E-state index contributed by atoms with van der Waals surface area (Å²) in [4.78, 5) is 97.7. The van der Waals surface area contributed by atoms with Crippen molar-refractivity contribution in [2.45, 2.75) is 97.3 Å². The summed E-state index contributed by atoms with van der Waals surface area (Å²) < 4.78 is 0. The molecule has 4 atom stereocenters. The van der Waals surface area contributed by atoms with Gasteiger partial charge in [0.05, 0.1) is 18.9 Å². The maximum Gasteiger partial charge on any atom is 0.305 e. The van der Waals surface area contributed by atoms with Crippen LogP contribution in [0.25, 0.3) is 0 Å². The summed E-state index contributed by atoms with van der Waals surface area (Å²) in [6, 6.07) is -0.136. The SMILES string of the molecule is CC(=O)N[C@@H](CC(=O)O)C(=O)N[C@@H](CCC(=O)O)C(=O)N[C@H](C(=O)N[C@@H](CC(=O)O)C(=O)CCc1cc(C)ccc1C)C(C)C. The van der Waals surface area contributed by atoms with Crippen LogP contribution in [-0.4, -0.2) is 86.8 Å². The summed E-state index contributed by atoms with van der Waals surface area (Å²) in [5, 5.41) is 36.8. The van der Waals surface area contributed by atoms with Crippen molar-refractivity contribution in [3.63, 3.8) is 0 Å². The van der Waals surface area contributed by atoms with Crippen molar-refractivity contribution < 1.29 is 53.7 Å². The molecule has 0 radical (unpaired) electrons. The van der Waals surface area contributed by atoms with E-state index in [1.165, 1.54) is 0 Å². The average Bonchev–Trinajstić information content (AvgIpc) is 2.92. The monoisotopic (exact) mass is 634 g/mol. The molecule has 1 aromatic carbocycles. The maximum absolute atomic E-state index is 13.3. The molecule has 0 bridgehead atoms. The quantitative estimate of drug-likeness (QED) is 0.109. The predicted molar refractivity (Wildman–Crippen MR) is 159 cm³/mol. The van der Waals surface area contributed by atoms with Crippen molar-refractivity contribution in [2.24, 2.45) is 5.92 Å². The van der Waals surface area contributed by atoms with Crippen molar-refractivity contribution in [3.8, 4) is 0 Å². The van der Waals surface area contributed by atoms with Gasteiger partial charge in [-0.2, -0.15) is 0 Å². The van der Waals surface area contributed by atoms with E-state index in [0.717, 1.165) is 23.6 Å². The lowest BCUT2D eigenvalue weighted by Gasteiger charge is -2.27. The van der Waals surface area contributed by atoms with Crippen LogP contribution in [0.1, 0.15) is 69.6 Å². The van der Waals surface area contributed by atoms with Crippen LogP contribution >= 0.6 is 0 Å². The van der Waals surface area contributed by atoms with Gasteiger partial charge in [0.2, 0.25) is 23.6 Å². The van der Waals surface area contributed by atoms with E-state index in [1.54, 1.807) is 13.8 Å². The minimum Gasteiger partial charge on any atom is -0.481 e. The highest BCUT2D eigenvalue weighted by Gasteiger charge is 2.33. The summed E-state index contributed by atoms with van der Waals surface area (Å²) in [6.45, 7) is 7.94. The molecule has 0 fully saturated rings. The largest absolute Gasteiger partial charge is 0.481 e. The van der Waals surface area contributed by atoms with Crippen LogP contribution in [0.3, 0.4) is 0 Å². The van der Waals surface area contributed by atoms with Gasteiger partial charge >= 0.3 is 17.9 Å². The topological polar surface area (TPSA) is 245 Å². The van der Waals surface area contributed by atoms with E-state index < -0.39 is 103 Å². The van der Waals surface area contributed by atoms with Crippen molar-refractivity contribution in [3.05, 3.63) is 34.9 Å². The van der Waals surface area contributed by atoms with Gasteiger partial charge in [0, 0.05) is 19.8 Å². The number of amides is 4. The Kier molecular flexibility index (Phi) is 15.4. The zero-order valence-corrected chi connectivity index (χ0v) is 26.0. The van der Waals surface area contributed by atoms with Crippen LogP contribution in [0, 0.1) is 19.8 Å². The molecule has 0 heterocycles. The number of carbonyl (C=O) groups excluding carboxylic acids is 5. The van der Waals surface area contributed by atoms with Gasteiger partial charge in [-0.15, -0.1) is 0 Å². The highest BCUT2D eigenvalue weighted by molar-refractivity contribution is 5.97. The normalized spacial score (nSPS) is 13.5. The second-order valence-corrected chi connectivity index (χ2v) is 11.1. The number of aliphatic carboxylic acids is 3. The first-order valence-electron chi connectivity index (χ1n) is 14.3. The number of carboxylic acids is 3. The Bertz CT molecular complexity index is 1280. The number of benzene rings is 1. The lowest BCUT2D eigenvalue weighted by atomic mass is 9.96. The molecule has 0 saturated heterocycles. The van der Waals surface area contributed by atoms with Gasteiger partial charge in [0.25, 0.3) is 0 Å². The number of Topliss-reactive ketones (excluding diaryl/α,β-unsaturated/α-hetero) is 1. The number of rotatable bonds is 19. The lowest BCUT2D eigenvalue weighted by Crippen LogP contribution is -2.59. The molecule has 4 amide bonds. The highest BCUT2D eigenvalue weighted by Crippen LogP contribution is 2.14. The Labute approximate surface area is 260 Å². The number of carbonyl (C=O) groups is 8. The summed E-state index contributed by atoms with van der Waals surface area (Å²) in [5.41, 5.74) is 2.83. The van der Waals surface area contributed by atoms with Crippen LogP contribution in [-0.2, 0) is 44.8 Å². The Morgan fingerprint density at radius 1 is 0.689 bits per heavy atom. The van der Waals surface area contributed by atoms with Gasteiger partial charge in [-0.3, -0.25) is 38.4 Å². The Morgan fingerprint density at radius 3 is 1.78 bits per heavy atom. The smallest absolute Gasteiger partial charge is 0.305 e. The Hall–Kier alpha value is -4.82. The molecule has 0 unspecified atom stereocenters. The molecular formula is C30H42N4O11. The average molecular weight is 635 g/mol. The minimum atomic E-state index is -1.57. The maximum atomic E-state index is 13.3. The number of ketones is 1. The third-order valence-corrected chi connectivity index (χ3v) is 6.83. The number of aryl methyl sites for hydroxylation is 3. The van der Waals surface area contributed by atoms with Crippen molar-refractivity contribution in [1.82, 2.24) is 21.3 Å². The summed E-state index contributed by atoms with van der Waals surface area (Å²) in [5.74, 6) is -8.88. The molecule has 0 spiro atoms. The number of hydrogen-bond acceptors (Lipinski definition) is 8. The van der Waals surface area contributed by atoms with Gasteiger partial charge in [0.15, 0.2) is 5.78 Å². The van der Waals surface area contributed by atoms with E-state index in [1.807, 2.05) is 32.0 Å². The molecule has 15 nitrogen and oxygen atoms in total. The molecule has 1 aromatic rings. The first-order valence-corrected chi connectivity index (χ1v) is 14.3.